The molecule has 0 aromatic heterocycles. The molecule has 114 valence electrons. The first-order chi connectivity index (χ1) is 8.43. The average Bonchev–Trinajstić information content (AvgIpc) is 2.94. The molecule has 4 heteroatoms. The molecule has 0 bridgehead atoms. The molecule has 3 rings (SSSR count). The molecular weight excluding hydrogens is 279 g/mol. The lowest BCUT2D eigenvalue weighted by Crippen LogP contribution is -2.45. The first kappa shape index (κ1) is 17.6. The Kier molecular flexibility index (Phi) is 8.05. The highest BCUT2D eigenvalue weighted by molar-refractivity contribution is 5.85. The topological polar surface area (TPSA) is 15.3 Å². The van der Waals surface area contributed by atoms with E-state index in [1.54, 1.807) is 0 Å². The maximum atomic E-state index is 3.51. The lowest BCUT2D eigenvalue weighted by Gasteiger charge is -2.41. The fourth-order valence-electron chi connectivity index (χ4n) is 4.34. The molecular formula is C15H30Cl2N2. The van der Waals surface area contributed by atoms with Crippen LogP contribution in [0.2, 0.25) is 0 Å². The summed E-state index contributed by atoms with van der Waals surface area (Å²) in [4.78, 5) is 2.85. The Morgan fingerprint density at radius 1 is 0.737 bits per heavy atom. The Bertz CT molecular complexity index is 238. The molecule has 2 aliphatic heterocycles. The number of nitrogens with zero attached hydrogens (tertiary/aromatic N) is 1. The van der Waals surface area contributed by atoms with Gasteiger partial charge in [0.1, 0.15) is 0 Å². The van der Waals surface area contributed by atoms with E-state index in [9.17, 15) is 0 Å². The summed E-state index contributed by atoms with van der Waals surface area (Å²) in [5.41, 5.74) is 0. The van der Waals surface area contributed by atoms with Crippen molar-refractivity contribution in [3.8, 4) is 0 Å². The van der Waals surface area contributed by atoms with E-state index in [4.69, 9.17) is 0 Å². The zero-order chi connectivity index (χ0) is 11.5. The van der Waals surface area contributed by atoms with E-state index >= 15 is 0 Å². The maximum absolute atomic E-state index is 3.51. The smallest absolute Gasteiger partial charge is 0.00953 e. The fraction of sp³-hybridized carbons (Fsp3) is 1.00. The van der Waals surface area contributed by atoms with Gasteiger partial charge in [0.05, 0.1) is 0 Å². The summed E-state index contributed by atoms with van der Waals surface area (Å²) in [6.45, 7) is 5.36. The van der Waals surface area contributed by atoms with Crippen molar-refractivity contribution in [1.29, 1.82) is 0 Å². The third-order valence-corrected chi connectivity index (χ3v) is 5.38. The van der Waals surface area contributed by atoms with Gasteiger partial charge in [-0.15, -0.1) is 24.8 Å². The van der Waals surface area contributed by atoms with E-state index in [0.717, 1.165) is 17.9 Å². The quantitative estimate of drug-likeness (QED) is 0.840. The van der Waals surface area contributed by atoms with Crippen molar-refractivity contribution in [2.24, 2.45) is 11.8 Å². The monoisotopic (exact) mass is 308 g/mol. The highest BCUT2D eigenvalue weighted by Gasteiger charge is 2.31. The molecule has 1 aliphatic carbocycles. The summed E-state index contributed by atoms with van der Waals surface area (Å²) in [7, 11) is 0. The first-order valence-corrected chi connectivity index (χ1v) is 7.88. The van der Waals surface area contributed by atoms with Crippen molar-refractivity contribution in [3.63, 3.8) is 0 Å². The number of rotatable bonds is 2. The van der Waals surface area contributed by atoms with Crippen LogP contribution in [0.5, 0.6) is 0 Å². The molecule has 3 aliphatic rings. The summed E-state index contributed by atoms with van der Waals surface area (Å²) >= 11 is 0. The van der Waals surface area contributed by atoms with Crippen molar-refractivity contribution in [1.82, 2.24) is 10.2 Å². The van der Waals surface area contributed by atoms with Gasteiger partial charge in [0.15, 0.2) is 0 Å². The van der Waals surface area contributed by atoms with Gasteiger partial charge in [0.25, 0.3) is 0 Å². The van der Waals surface area contributed by atoms with Crippen molar-refractivity contribution in [2.45, 2.75) is 57.4 Å². The summed E-state index contributed by atoms with van der Waals surface area (Å²) in [6.07, 6.45) is 11.8. The number of hydrogen-bond acceptors (Lipinski definition) is 2. The summed E-state index contributed by atoms with van der Waals surface area (Å²) in [5.74, 6) is 2.05. The minimum absolute atomic E-state index is 0. The van der Waals surface area contributed by atoms with Crippen LogP contribution in [0.1, 0.15) is 51.4 Å². The highest BCUT2D eigenvalue weighted by atomic mass is 35.5. The SMILES string of the molecule is C1CCC(N2CCC[C@H](C3CCNCC3)C2)C1.Cl.Cl. The maximum Gasteiger partial charge on any atom is 0.00953 e. The third kappa shape index (κ3) is 4.49. The molecule has 0 aromatic carbocycles. The normalized spacial score (nSPS) is 30.6. The predicted molar refractivity (Wildman–Crippen MR) is 86.6 cm³/mol. The molecule has 0 radical (unpaired) electrons. The number of hydrogen-bond donors (Lipinski definition) is 1. The zero-order valence-electron chi connectivity index (χ0n) is 12.0. The van der Waals surface area contributed by atoms with E-state index in [0.29, 0.717) is 0 Å². The highest BCUT2D eigenvalue weighted by Crippen LogP contribution is 2.33. The molecule has 3 fully saturated rings. The zero-order valence-corrected chi connectivity index (χ0v) is 13.6. The molecule has 0 spiro atoms. The van der Waals surface area contributed by atoms with Crippen LogP contribution in [0, 0.1) is 11.8 Å². The fourth-order valence-corrected chi connectivity index (χ4v) is 4.34. The van der Waals surface area contributed by atoms with E-state index in [1.165, 1.54) is 77.5 Å². The van der Waals surface area contributed by atoms with Crippen molar-refractivity contribution in [3.05, 3.63) is 0 Å². The Hall–Kier alpha value is 0.500. The van der Waals surface area contributed by atoms with Crippen LogP contribution in [0.15, 0.2) is 0 Å². The largest absolute Gasteiger partial charge is 0.317 e. The van der Waals surface area contributed by atoms with Crippen molar-refractivity contribution >= 4 is 24.8 Å². The van der Waals surface area contributed by atoms with Crippen molar-refractivity contribution in [2.75, 3.05) is 26.2 Å². The predicted octanol–water partition coefficient (Wildman–Crippen LogP) is 3.48. The van der Waals surface area contributed by atoms with Gasteiger partial charge < -0.3 is 10.2 Å². The Balaban J connectivity index is 0.000000902. The van der Waals surface area contributed by atoms with E-state index < -0.39 is 0 Å². The molecule has 0 unspecified atom stereocenters. The number of piperidine rings is 2. The summed E-state index contributed by atoms with van der Waals surface area (Å²) < 4.78 is 0. The second-order valence-corrected chi connectivity index (χ2v) is 6.42. The second-order valence-electron chi connectivity index (χ2n) is 6.42. The summed E-state index contributed by atoms with van der Waals surface area (Å²) in [6, 6.07) is 0.958. The van der Waals surface area contributed by atoms with Crippen LogP contribution in [0.25, 0.3) is 0 Å². The molecule has 1 saturated carbocycles. The molecule has 2 nitrogen and oxygen atoms in total. The number of likely N-dealkylation sites (tertiary alicyclic amines) is 1. The Morgan fingerprint density at radius 3 is 2.11 bits per heavy atom. The third-order valence-electron chi connectivity index (χ3n) is 5.38. The minimum Gasteiger partial charge on any atom is -0.317 e. The number of nitrogens with one attached hydrogen (secondary N) is 1. The van der Waals surface area contributed by atoms with Gasteiger partial charge in [-0.2, -0.15) is 0 Å². The molecule has 0 aromatic rings. The van der Waals surface area contributed by atoms with Crippen LogP contribution < -0.4 is 5.32 Å². The minimum atomic E-state index is 0. The standard InChI is InChI=1S/C15H28N2.2ClH/c1-2-6-15(5-1)17-11-3-4-14(12-17)13-7-9-16-10-8-13;;/h13-16H,1-12H2;2*1H/t14-;;/m0../s1. The molecule has 0 amide bonds. The van der Waals surface area contributed by atoms with E-state index in [1.807, 2.05) is 0 Å². The molecule has 2 saturated heterocycles. The van der Waals surface area contributed by atoms with Crippen LogP contribution in [0.4, 0.5) is 0 Å². The van der Waals surface area contributed by atoms with Crippen LogP contribution in [0.3, 0.4) is 0 Å². The number of halogens is 2. The van der Waals surface area contributed by atoms with Crippen molar-refractivity contribution < 1.29 is 0 Å². The van der Waals surface area contributed by atoms with Gasteiger partial charge >= 0.3 is 0 Å². The molecule has 2 heterocycles. The van der Waals surface area contributed by atoms with E-state index in [2.05, 4.69) is 10.2 Å². The lowest BCUT2D eigenvalue weighted by molar-refractivity contribution is 0.0854. The first-order valence-electron chi connectivity index (χ1n) is 7.88. The lowest BCUT2D eigenvalue weighted by atomic mass is 9.80. The van der Waals surface area contributed by atoms with E-state index in [-0.39, 0.29) is 24.8 Å². The average molecular weight is 309 g/mol. The summed E-state index contributed by atoms with van der Waals surface area (Å²) in [5, 5.41) is 3.51. The van der Waals surface area contributed by atoms with Gasteiger partial charge in [0, 0.05) is 12.6 Å². The Labute approximate surface area is 130 Å². The van der Waals surface area contributed by atoms with Crippen LogP contribution in [-0.4, -0.2) is 37.1 Å². The van der Waals surface area contributed by atoms with Gasteiger partial charge in [-0.1, -0.05) is 12.8 Å². The van der Waals surface area contributed by atoms with Gasteiger partial charge in [0.2, 0.25) is 0 Å². The Morgan fingerprint density at radius 2 is 1.42 bits per heavy atom. The second kappa shape index (κ2) is 8.71. The molecule has 19 heavy (non-hydrogen) atoms. The van der Waals surface area contributed by atoms with Gasteiger partial charge in [-0.25, -0.2) is 0 Å². The van der Waals surface area contributed by atoms with Crippen LogP contribution in [-0.2, 0) is 0 Å². The van der Waals surface area contributed by atoms with Gasteiger partial charge in [-0.3, -0.25) is 0 Å². The molecule has 1 N–H and O–H groups in total. The molecule has 1 atom stereocenters. The van der Waals surface area contributed by atoms with Gasteiger partial charge in [-0.05, 0) is 70.0 Å². The van der Waals surface area contributed by atoms with Crippen LogP contribution >= 0.6 is 24.8 Å².